The van der Waals surface area contributed by atoms with Gasteiger partial charge in [0.25, 0.3) is 5.91 Å². The molecule has 1 amide bonds. The van der Waals surface area contributed by atoms with Gasteiger partial charge < -0.3 is 10.2 Å². The van der Waals surface area contributed by atoms with Crippen molar-refractivity contribution in [2.45, 2.75) is 31.7 Å². The first kappa shape index (κ1) is 9.52. The van der Waals surface area contributed by atoms with E-state index in [9.17, 15) is 4.79 Å². The third kappa shape index (κ3) is 2.21. The van der Waals surface area contributed by atoms with Gasteiger partial charge in [-0.05, 0) is 25.7 Å². The summed E-state index contributed by atoms with van der Waals surface area (Å²) in [5, 5.41) is 0. The number of rotatable bonds is 3. The number of hydrogen-bond donors (Lipinski definition) is 1. The molecule has 0 saturated heterocycles. The molecular formula is C9H19N2O+. The molecule has 0 heterocycles. The molecule has 3 nitrogen and oxygen atoms in total. The summed E-state index contributed by atoms with van der Waals surface area (Å²) in [7, 11) is 4.20. The zero-order chi connectivity index (χ0) is 9.19. The molecule has 1 saturated carbocycles. The van der Waals surface area contributed by atoms with Crippen LogP contribution < -0.4 is 5.73 Å². The van der Waals surface area contributed by atoms with Gasteiger partial charge >= 0.3 is 0 Å². The van der Waals surface area contributed by atoms with E-state index in [1.54, 1.807) is 0 Å². The Morgan fingerprint density at radius 3 is 2.33 bits per heavy atom. The number of hydrogen-bond acceptors (Lipinski definition) is 1. The summed E-state index contributed by atoms with van der Waals surface area (Å²) in [6, 6.07) is 0.650. The average molecular weight is 171 g/mol. The van der Waals surface area contributed by atoms with E-state index >= 15 is 0 Å². The van der Waals surface area contributed by atoms with Crippen LogP contribution in [0.3, 0.4) is 0 Å². The van der Waals surface area contributed by atoms with Crippen molar-refractivity contribution >= 4 is 5.91 Å². The number of amides is 1. The normalized spacial score (nSPS) is 19.8. The summed E-state index contributed by atoms with van der Waals surface area (Å²) >= 11 is 0. The van der Waals surface area contributed by atoms with E-state index in [4.69, 9.17) is 5.73 Å². The molecule has 0 bridgehead atoms. The molecule has 0 aliphatic heterocycles. The van der Waals surface area contributed by atoms with Crippen LogP contribution in [0.15, 0.2) is 0 Å². The fraction of sp³-hybridized carbons (Fsp3) is 0.889. The minimum atomic E-state index is -0.188. The van der Waals surface area contributed by atoms with Crippen LogP contribution in [-0.2, 0) is 4.79 Å². The van der Waals surface area contributed by atoms with Gasteiger partial charge in [-0.2, -0.15) is 0 Å². The second kappa shape index (κ2) is 3.44. The highest BCUT2D eigenvalue weighted by atomic mass is 16.1. The first-order chi connectivity index (χ1) is 5.52. The second-order valence-corrected chi connectivity index (χ2v) is 4.34. The van der Waals surface area contributed by atoms with Crippen molar-refractivity contribution in [3.63, 3.8) is 0 Å². The van der Waals surface area contributed by atoms with Crippen LogP contribution >= 0.6 is 0 Å². The van der Waals surface area contributed by atoms with Crippen molar-refractivity contribution in [2.24, 2.45) is 5.73 Å². The van der Waals surface area contributed by atoms with E-state index < -0.39 is 0 Å². The fourth-order valence-electron chi connectivity index (χ4n) is 2.13. The van der Waals surface area contributed by atoms with Crippen molar-refractivity contribution in [3.8, 4) is 0 Å². The van der Waals surface area contributed by atoms with Gasteiger partial charge in [0.1, 0.15) is 0 Å². The molecule has 0 atom stereocenters. The first-order valence-corrected chi connectivity index (χ1v) is 4.63. The lowest BCUT2D eigenvalue weighted by Gasteiger charge is -2.34. The number of carbonyl (C=O) groups is 1. The maximum Gasteiger partial charge on any atom is 0.272 e. The van der Waals surface area contributed by atoms with Crippen LogP contribution in [0.5, 0.6) is 0 Å². The molecular weight excluding hydrogens is 152 g/mol. The number of carbonyl (C=O) groups excluding carboxylic acids is 1. The van der Waals surface area contributed by atoms with Crippen molar-refractivity contribution in [2.75, 3.05) is 20.6 Å². The summed E-state index contributed by atoms with van der Waals surface area (Å²) in [5.41, 5.74) is 5.19. The Morgan fingerprint density at radius 1 is 1.42 bits per heavy atom. The number of primary amides is 1. The van der Waals surface area contributed by atoms with Gasteiger partial charge in [-0.15, -0.1) is 0 Å². The molecule has 12 heavy (non-hydrogen) atoms. The van der Waals surface area contributed by atoms with E-state index in [2.05, 4.69) is 14.1 Å². The van der Waals surface area contributed by atoms with Crippen LogP contribution in [0.25, 0.3) is 0 Å². The molecule has 0 spiro atoms. The van der Waals surface area contributed by atoms with Crippen LogP contribution in [0.1, 0.15) is 25.7 Å². The first-order valence-electron chi connectivity index (χ1n) is 4.63. The highest BCUT2D eigenvalue weighted by molar-refractivity contribution is 5.74. The van der Waals surface area contributed by atoms with Crippen LogP contribution in [0.2, 0.25) is 0 Å². The highest BCUT2D eigenvalue weighted by Gasteiger charge is 2.32. The van der Waals surface area contributed by atoms with Crippen LogP contribution in [0, 0.1) is 0 Å². The molecule has 1 rings (SSSR count). The van der Waals surface area contributed by atoms with E-state index in [1.165, 1.54) is 25.7 Å². The molecule has 2 N–H and O–H groups in total. The minimum Gasteiger partial charge on any atom is -0.365 e. The van der Waals surface area contributed by atoms with Crippen LogP contribution in [0.4, 0.5) is 0 Å². The summed E-state index contributed by atoms with van der Waals surface area (Å²) in [5.74, 6) is -0.188. The number of likely N-dealkylation sites (N-methyl/N-ethyl adjacent to an activating group) is 1. The Hall–Kier alpha value is -0.570. The van der Waals surface area contributed by atoms with Gasteiger partial charge in [-0.3, -0.25) is 4.79 Å². The Kier molecular flexibility index (Phi) is 2.73. The van der Waals surface area contributed by atoms with Crippen molar-refractivity contribution in [1.29, 1.82) is 0 Å². The number of quaternary nitrogens is 1. The molecule has 1 aliphatic carbocycles. The molecule has 1 fully saturated rings. The zero-order valence-corrected chi connectivity index (χ0v) is 8.05. The van der Waals surface area contributed by atoms with Crippen molar-refractivity contribution in [3.05, 3.63) is 0 Å². The van der Waals surface area contributed by atoms with Crippen LogP contribution in [-0.4, -0.2) is 37.1 Å². The maximum atomic E-state index is 10.8. The lowest BCUT2D eigenvalue weighted by Crippen LogP contribution is -2.52. The van der Waals surface area contributed by atoms with Gasteiger partial charge in [0.15, 0.2) is 6.54 Å². The number of nitrogens with two attached hydrogens (primary N) is 1. The summed E-state index contributed by atoms with van der Waals surface area (Å²) in [6.45, 7) is 0.477. The SMILES string of the molecule is C[N+](C)(CC(N)=O)C1CCCC1. The van der Waals surface area contributed by atoms with Gasteiger partial charge in [0.2, 0.25) is 0 Å². The average Bonchev–Trinajstić information content (AvgIpc) is 2.32. The molecule has 3 heteroatoms. The largest absolute Gasteiger partial charge is 0.365 e. The zero-order valence-electron chi connectivity index (χ0n) is 8.05. The van der Waals surface area contributed by atoms with E-state index in [-0.39, 0.29) is 5.91 Å². The third-order valence-corrected chi connectivity index (χ3v) is 2.88. The Morgan fingerprint density at radius 2 is 1.92 bits per heavy atom. The molecule has 0 radical (unpaired) electrons. The quantitative estimate of drug-likeness (QED) is 0.617. The molecule has 70 valence electrons. The van der Waals surface area contributed by atoms with E-state index in [1.807, 2.05) is 0 Å². The monoisotopic (exact) mass is 171 g/mol. The lowest BCUT2D eigenvalue weighted by atomic mass is 10.2. The van der Waals surface area contributed by atoms with Gasteiger partial charge in [-0.25, -0.2) is 0 Å². The third-order valence-electron chi connectivity index (χ3n) is 2.88. The summed E-state index contributed by atoms with van der Waals surface area (Å²) in [4.78, 5) is 10.8. The molecule has 0 unspecified atom stereocenters. The Balaban J connectivity index is 2.50. The Bertz CT molecular complexity index is 171. The minimum absolute atomic E-state index is 0.188. The second-order valence-electron chi connectivity index (χ2n) is 4.34. The van der Waals surface area contributed by atoms with Gasteiger partial charge in [-0.1, -0.05) is 0 Å². The molecule has 0 aromatic rings. The van der Waals surface area contributed by atoms with Crippen molar-refractivity contribution < 1.29 is 9.28 Å². The van der Waals surface area contributed by atoms with E-state index in [0.717, 1.165) is 4.48 Å². The predicted molar refractivity (Wildman–Crippen MR) is 48.4 cm³/mol. The molecule has 1 aliphatic rings. The van der Waals surface area contributed by atoms with Gasteiger partial charge in [0.05, 0.1) is 20.1 Å². The highest BCUT2D eigenvalue weighted by Crippen LogP contribution is 2.26. The maximum absolute atomic E-state index is 10.8. The summed E-state index contributed by atoms with van der Waals surface area (Å²) in [6.07, 6.45) is 5.12. The number of nitrogens with zero attached hydrogens (tertiary/aromatic N) is 1. The standard InChI is InChI=1S/C9H18N2O/c1-11(2,7-9(10)12)8-5-3-4-6-8/h8H,3-7H2,1-2H3,(H-,10,12)/p+1. The summed E-state index contributed by atoms with van der Waals surface area (Å²) < 4.78 is 0.773. The van der Waals surface area contributed by atoms with E-state index in [0.29, 0.717) is 12.6 Å². The Labute approximate surface area is 74.1 Å². The van der Waals surface area contributed by atoms with Crippen molar-refractivity contribution in [1.82, 2.24) is 0 Å². The topological polar surface area (TPSA) is 43.1 Å². The fourth-order valence-corrected chi connectivity index (χ4v) is 2.13. The molecule has 0 aromatic heterocycles. The molecule has 0 aromatic carbocycles. The lowest BCUT2D eigenvalue weighted by molar-refractivity contribution is -0.906. The van der Waals surface area contributed by atoms with Gasteiger partial charge in [0, 0.05) is 0 Å². The smallest absolute Gasteiger partial charge is 0.272 e. The predicted octanol–water partition coefficient (Wildman–Crippen LogP) is 0.491.